The lowest BCUT2D eigenvalue weighted by Crippen LogP contribution is -2.21. The molecule has 0 aliphatic rings. The van der Waals surface area contributed by atoms with Crippen LogP contribution in [0.5, 0.6) is 0 Å². The number of aromatic nitrogens is 2. The molecule has 0 aromatic carbocycles. The summed E-state index contributed by atoms with van der Waals surface area (Å²) >= 11 is 0. The van der Waals surface area contributed by atoms with Gasteiger partial charge in [-0.15, -0.1) is 0 Å². The van der Waals surface area contributed by atoms with Crippen LogP contribution < -0.4 is 5.73 Å². The second-order valence-electron chi connectivity index (χ2n) is 5.22. The molecule has 0 saturated heterocycles. The second kappa shape index (κ2) is 3.73. The fourth-order valence-electron chi connectivity index (χ4n) is 1.51. The molecular formula is C11H21N3. The van der Waals surface area contributed by atoms with Gasteiger partial charge in [-0.1, -0.05) is 20.8 Å². The van der Waals surface area contributed by atoms with Crippen molar-refractivity contribution in [3.05, 3.63) is 17.5 Å². The fourth-order valence-corrected chi connectivity index (χ4v) is 1.51. The van der Waals surface area contributed by atoms with E-state index < -0.39 is 0 Å². The Morgan fingerprint density at radius 2 is 2.07 bits per heavy atom. The van der Waals surface area contributed by atoms with Crippen LogP contribution in [0.25, 0.3) is 0 Å². The van der Waals surface area contributed by atoms with E-state index in [0.29, 0.717) is 0 Å². The maximum atomic E-state index is 5.89. The van der Waals surface area contributed by atoms with Gasteiger partial charge in [0.1, 0.15) is 0 Å². The molecule has 0 aliphatic carbocycles. The first-order chi connectivity index (χ1) is 6.29. The Hall–Kier alpha value is -0.830. The number of aryl methyl sites for hydroxylation is 1. The quantitative estimate of drug-likeness (QED) is 0.786. The predicted molar refractivity (Wildman–Crippen MR) is 59.0 cm³/mol. The summed E-state index contributed by atoms with van der Waals surface area (Å²) in [5.41, 5.74) is 8.29. The highest BCUT2D eigenvalue weighted by Gasteiger charge is 2.16. The molecule has 0 amide bonds. The molecule has 1 rings (SSSR count). The summed E-state index contributed by atoms with van der Waals surface area (Å²) in [7, 11) is 0. The Balaban J connectivity index is 2.96. The van der Waals surface area contributed by atoms with E-state index in [-0.39, 0.29) is 11.5 Å². The summed E-state index contributed by atoms with van der Waals surface area (Å²) in [5.74, 6) is 0. The van der Waals surface area contributed by atoms with Gasteiger partial charge in [-0.2, -0.15) is 5.10 Å². The van der Waals surface area contributed by atoms with Gasteiger partial charge < -0.3 is 5.73 Å². The third-order valence-electron chi connectivity index (χ3n) is 2.02. The van der Waals surface area contributed by atoms with Gasteiger partial charge in [-0.3, -0.25) is 4.68 Å². The molecule has 14 heavy (non-hydrogen) atoms. The van der Waals surface area contributed by atoms with E-state index in [1.54, 1.807) is 0 Å². The van der Waals surface area contributed by atoms with Crippen LogP contribution in [-0.2, 0) is 6.54 Å². The highest BCUT2D eigenvalue weighted by Crippen LogP contribution is 2.20. The molecule has 0 fully saturated rings. The molecule has 0 spiro atoms. The SMILES string of the molecule is Cc1cc([C@@H](C)N)n(CC(C)(C)C)n1. The maximum absolute atomic E-state index is 5.89. The summed E-state index contributed by atoms with van der Waals surface area (Å²) in [5, 5.41) is 4.45. The Morgan fingerprint density at radius 1 is 1.50 bits per heavy atom. The van der Waals surface area contributed by atoms with Crippen LogP contribution in [0.3, 0.4) is 0 Å². The molecule has 1 aromatic heterocycles. The van der Waals surface area contributed by atoms with Gasteiger partial charge in [0.15, 0.2) is 0 Å². The molecule has 1 atom stereocenters. The minimum Gasteiger partial charge on any atom is -0.323 e. The van der Waals surface area contributed by atoms with Gasteiger partial charge in [-0.25, -0.2) is 0 Å². The minimum atomic E-state index is 0.0542. The largest absolute Gasteiger partial charge is 0.323 e. The van der Waals surface area contributed by atoms with E-state index in [2.05, 4.69) is 31.9 Å². The molecule has 3 nitrogen and oxygen atoms in total. The monoisotopic (exact) mass is 195 g/mol. The zero-order chi connectivity index (χ0) is 10.9. The normalized spacial score (nSPS) is 14.4. The molecule has 2 N–H and O–H groups in total. The molecule has 0 saturated carbocycles. The van der Waals surface area contributed by atoms with Gasteiger partial charge in [0.25, 0.3) is 0 Å². The number of hydrogen-bond donors (Lipinski definition) is 1. The molecule has 0 radical (unpaired) electrons. The van der Waals surface area contributed by atoms with Crippen molar-refractivity contribution in [2.24, 2.45) is 11.1 Å². The van der Waals surface area contributed by atoms with Crippen LogP contribution in [0.15, 0.2) is 6.07 Å². The zero-order valence-electron chi connectivity index (χ0n) is 9.83. The molecule has 80 valence electrons. The van der Waals surface area contributed by atoms with Crippen LogP contribution in [0.1, 0.15) is 45.1 Å². The highest BCUT2D eigenvalue weighted by molar-refractivity contribution is 5.12. The Bertz CT molecular complexity index is 305. The average Bonchev–Trinajstić information content (AvgIpc) is 2.27. The second-order valence-corrected chi connectivity index (χ2v) is 5.22. The van der Waals surface area contributed by atoms with Crippen LogP contribution in [0.2, 0.25) is 0 Å². The molecule has 1 aromatic rings. The summed E-state index contributed by atoms with van der Waals surface area (Å²) in [4.78, 5) is 0. The Kier molecular flexibility index (Phi) is 3.00. The standard InChI is InChI=1S/C11H21N3/c1-8-6-10(9(2)12)14(13-8)7-11(3,4)5/h6,9H,7,12H2,1-5H3/t9-/m1/s1. The first-order valence-corrected chi connectivity index (χ1v) is 5.09. The topological polar surface area (TPSA) is 43.8 Å². The van der Waals surface area contributed by atoms with E-state index in [1.165, 1.54) is 0 Å². The fraction of sp³-hybridized carbons (Fsp3) is 0.727. The Labute approximate surface area is 86.3 Å². The maximum Gasteiger partial charge on any atom is 0.0597 e. The zero-order valence-corrected chi connectivity index (χ0v) is 9.83. The molecule has 0 bridgehead atoms. The first-order valence-electron chi connectivity index (χ1n) is 5.09. The highest BCUT2D eigenvalue weighted by atomic mass is 15.3. The van der Waals surface area contributed by atoms with E-state index >= 15 is 0 Å². The van der Waals surface area contributed by atoms with Crippen molar-refractivity contribution in [2.45, 2.75) is 47.2 Å². The number of hydrogen-bond acceptors (Lipinski definition) is 2. The minimum absolute atomic E-state index is 0.0542. The lowest BCUT2D eigenvalue weighted by atomic mass is 9.97. The molecular weight excluding hydrogens is 174 g/mol. The predicted octanol–water partition coefficient (Wildman–Crippen LogP) is 2.26. The van der Waals surface area contributed by atoms with Crippen LogP contribution in [-0.4, -0.2) is 9.78 Å². The molecule has 3 heteroatoms. The average molecular weight is 195 g/mol. The van der Waals surface area contributed by atoms with Crippen molar-refractivity contribution >= 4 is 0 Å². The number of nitrogens with zero attached hydrogens (tertiary/aromatic N) is 2. The van der Waals surface area contributed by atoms with Gasteiger partial charge in [0.05, 0.1) is 11.4 Å². The van der Waals surface area contributed by atoms with Crippen molar-refractivity contribution < 1.29 is 0 Å². The van der Waals surface area contributed by atoms with Crippen LogP contribution in [0.4, 0.5) is 0 Å². The molecule has 0 aliphatic heterocycles. The van der Waals surface area contributed by atoms with Gasteiger partial charge in [0, 0.05) is 12.6 Å². The van der Waals surface area contributed by atoms with Crippen molar-refractivity contribution in [1.29, 1.82) is 0 Å². The van der Waals surface area contributed by atoms with Crippen molar-refractivity contribution in [2.75, 3.05) is 0 Å². The van der Waals surface area contributed by atoms with E-state index in [9.17, 15) is 0 Å². The van der Waals surface area contributed by atoms with Crippen LogP contribution >= 0.6 is 0 Å². The third-order valence-corrected chi connectivity index (χ3v) is 2.02. The summed E-state index contributed by atoms with van der Waals surface area (Å²) in [6, 6.07) is 2.12. The number of nitrogens with two attached hydrogens (primary N) is 1. The van der Waals surface area contributed by atoms with Gasteiger partial charge >= 0.3 is 0 Å². The summed E-state index contributed by atoms with van der Waals surface area (Å²) in [6.45, 7) is 11.5. The van der Waals surface area contributed by atoms with Gasteiger partial charge in [-0.05, 0) is 25.3 Å². The van der Waals surface area contributed by atoms with Crippen molar-refractivity contribution in [3.63, 3.8) is 0 Å². The van der Waals surface area contributed by atoms with E-state index in [4.69, 9.17) is 5.73 Å². The molecule has 0 unspecified atom stereocenters. The summed E-state index contributed by atoms with van der Waals surface area (Å²) < 4.78 is 2.03. The van der Waals surface area contributed by atoms with E-state index in [1.807, 2.05) is 18.5 Å². The van der Waals surface area contributed by atoms with Crippen molar-refractivity contribution in [3.8, 4) is 0 Å². The van der Waals surface area contributed by atoms with Crippen LogP contribution in [0, 0.1) is 12.3 Å². The first kappa shape index (κ1) is 11.2. The van der Waals surface area contributed by atoms with Gasteiger partial charge in [0.2, 0.25) is 0 Å². The lowest BCUT2D eigenvalue weighted by Gasteiger charge is -2.20. The number of rotatable bonds is 2. The Morgan fingerprint density at radius 3 is 2.50 bits per heavy atom. The van der Waals surface area contributed by atoms with Crippen molar-refractivity contribution in [1.82, 2.24) is 9.78 Å². The lowest BCUT2D eigenvalue weighted by molar-refractivity contribution is 0.316. The third kappa shape index (κ3) is 2.84. The summed E-state index contributed by atoms with van der Waals surface area (Å²) in [6.07, 6.45) is 0. The molecule has 1 heterocycles. The van der Waals surface area contributed by atoms with E-state index in [0.717, 1.165) is 17.9 Å². The smallest absolute Gasteiger partial charge is 0.0597 e.